The Labute approximate surface area is 112 Å². The molecule has 0 saturated heterocycles. The van der Waals surface area contributed by atoms with Crippen molar-refractivity contribution in [2.24, 2.45) is 11.8 Å². The minimum absolute atomic E-state index is 0.119. The van der Waals surface area contributed by atoms with Gasteiger partial charge in [-0.3, -0.25) is 9.59 Å². The van der Waals surface area contributed by atoms with Crippen LogP contribution in [0.4, 0.5) is 5.69 Å². The summed E-state index contributed by atoms with van der Waals surface area (Å²) in [6.45, 7) is 0. The Morgan fingerprint density at radius 3 is 2.42 bits per heavy atom. The van der Waals surface area contributed by atoms with Gasteiger partial charge in [0.2, 0.25) is 5.91 Å². The SMILES string of the molecule is N#C[C@H](C(=O)Nc1ccccc1)C(=O)C1CCCC1. The van der Waals surface area contributed by atoms with Crippen LogP contribution in [0, 0.1) is 23.2 Å². The topological polar surface area (TPSA) is 70.0 Å². The second-order valence-electron chi connectivity index (χ2n) is 4.80. The van der Waals surface area contributed by atoms with E-state index in [1.165, 1.54) is 0 Å². The number of para-hydroxylation sites is 1. The number of ketones is 1. The molecule has 0 radical (unpaired) electrons. The molecule has 4 nitrogen and oxygen atoms in total. The lowest BCUT2D eigenvalue weighted by molar-refractivity contribution is -0.131. The number of carbonyl (C=O) groups excluding carboxylic acids is 2. The highest BCUT2D eigenvalue weighted by molar-refractivity contribution is 6.10. The number of nitriles is 1. The molecule has 0 heterocycles. The largest absolute Gasteiger partial charge is 0.325 e. The molecule has 1 aromatic rings. The predicted molar refractivity (Wildman–Crippen MR) is 71.1 cm³/mol. The van der Waals surface area contributed by atoms with Gasteiger partial charge in [-0.15, -0.1) is 0 Å². The van der Waals surface area contributed by atoms with Gasteiger partial charge in [0.15, 0.2) is 11.7 Å². The summed E-state index contributed by atoms with van der Waals surface area (Å²) >= 11 is 0. The summed E-state index contributed by atoms with van der Waals surface area (Å²) < 4.78 is 0. The number of benzene rings is 1. The van der Waals surface area contributed by atoms with Crippen LogP contribution in [0.2, 0.25) is 0 Å². The molecule has 0 aliphatic heterocycles. The van der Waals surface area contributed by atoms with Gasteiger partial charge >= 0.3 is 0 Å². The average molecular weight is 256 g/mol. The van der Waals surface area contributed by atoms with E-state index in [2.05, 4.69) is 5.32 Å². The highest BCUT2D eigenvalue weighted by Gasteiger charge is 2.33. The van der Waals surface area contributed by atoms with Crippen molar-refractivity contribution < 1.29 is 9.59 Å². The van der Waals surface area contributed by atoms with E-state index in [0.717, 1.165) is 25.7 Å². The monoisotopic (exact) mass is 256 g/mol. The number of hydrogen-bond acceptors (Lipinski definition) is 3. The van der Waals surface area contributed by atoms with Gasteiger partial charge in [-0.2, -0.15) is 5.26 Å². The molecule has 0 spiro atoms. The summed E-state index contributed by atoms with van der Waals surface area (Å²) in [7, 11) is 0. The summed E-state index contributed by atoms with van der Waals surface area (Å²) in [6.07, 6.45) is 3.62. The van der Waals surface area contributed by atoms with E-state index in [1.54, 1.807) is 24.3 Å². The normalized spacial score (nSPS) is 16.6. The Morgan fingerprint density at radius 1 is 1.21 bits per heavy atom. The Balaban J connectivity index is 2.03. The number of nitrogens with one attached hydrogen (secondary N) is 1. The number of Topliss-reactive ketones (excluding diaryl/α,β-unsaturated/α-hetero) is 1. The lowest BCUT2D eigenvalue weighted by Crippen LogP contribution is -2.32. The second-order valence-corrected chi connectivity index (χ2v) is 4.80. The molecule has 1 aliphatic rings. The fraction of sp³-hybridized carbons (Fsp3) is 0.400. The molecule has 4 heteroatoms. The average Bonchev–Trinajstić information content (AvgIpc) is 2.94. The highest BCUT2D eigenvalue weighted by atomic mass is 16.2. The van der Waals surface area contributed by atoms with Gasteiger partial charge in [0.25, 0.3) is 0 Å². The summed E-state index contributed by atoms with van der Waals surface area (Å²) in [5.74, 6) is -2.06. The van der Waals surface area contributed by atoms with E-state index in [1.807, 2.05) is 12.1 Å². The van der Waals surface area contributed by atoms with Crippen molar-refractivity contribution in [3.63, 3.8) is 0 Å². The first-order valence-corrected chi connectivity index (χ1v) is 6.51. The Kier molecular flexibility index (Phi) is 4.30. The Hall–Kier alpha value is -2.15. The van der Waals surface area contributed by atoms with Crippen LogP contribution in [0.3, 0.4) is 0 Å². The van der Waals surface area contributed by atoms with Crippen molar-refractivity contribution >= 4 is 17.4 Å². The quantitative estimate of drug-likeness (QED) is 0.841. The van der Waals surface area contributed by atoms with Crippen molar-refractivity contribution in [1.82, 2.24) is 0 Å². The molecule has 1 aromatic carbocycles. The first-order valence-electron chi connectivity index (χ1n) is 6.51. The molecule has 0 unspecified atom stereocenters. The van der Waals surface area contributed by atoms with Crippen LogP contribution in [0.25, 0.3) is 0 Å². The van der Waals surface area contributed by atoms with Crippen molar-refractivity contribution in [2.45, 2.75) is 25.7 Å². The van der Waals surface area contributed by atoms with Crippen LogP contribution < -0.4 is 5.32 Å². The molecule has 0 bridgehead atoms. The van der Waals surface area contributed by atoms with E-state index in [9.17, 15) is 9.59 Å². The van der Waals surface area contributed by atoms with Crippen molar-refractivity contribution in [3.8, 4) is 6.07 Å². The fourth-order valence-electron chi connectivity index (χ4n) is 2.43. The first kappa shape index (κ1) is 13.3. The molecular formula is C15H16N2O2. The molecule has 98 valence electrons. The van der Waals surface area contributed by atoms with Crippen molar-refractivity contribution in [1.29, 1.82) is 5.26 Å². The zero-order valence-corrected chi connectivity index (χ0v) is 10.6. The second kappa shape index (κ2) is 6.14. The molecule has 1 fully saturated rings. The number of rotatable bonds is 4. The molecule has 19 heavy (non-hydrogen) atoms. The lowest BCUT2D eigenvalue weighted by Gasteiger charge is -2.13. The van der Waals surface area contributed by atoms with Gasteiger partial charge < -0.3 is 5.32 Å². The first-order chi connectivity index (χ1) is 9.22. The van der Waals surface area contributed by atoms with Gasteiger partial charge in [-0.05, 0) is 25.0 Å². The van der Waals surface area contributed by atoms with Crippen LogP contribution in [0.1, 0.15) is 25.7 Å². The Morgan fingerprint density at radius 2 is 1.84 bits per heavy atom. The fourth-order valence-corrected chi connectivity index (χ4v) is 2.43. The molecule has 2 rings (SSSR count). The molecule has 1 aliphatic carbocycles. The molecule has 1 N–H and O–H groups in total. The number of anilines is 1. The number of hydrogen-bond donors (Lipinski definition) is 1. The third-order valence-electron chi connectivity index (χ3n) is 3.47. The number of amides is 1. The van der Waals surface area contributed by atoms with Crippen LogP contribution >= 0.6 is 0 Å². The van der Waals surface area contributed by atoms with E-state index < -0.39 is 11.8 Å². The van der Waals surface area contributed by atoms with Gasteiger partial charge in [0.1, 0.15) is 0 Å². The maximum atomic E-state index is 12.1. The summed E-state index contributed by atoms with van der Waals surface area (Å²) in [4.78, 5) is 24.1. The number of nitrogens with zero attached hydrogens (tertiary/aromatic N) is 1. The van der Waals surface area contributed by atoms with E-state index >= 15 is 0 Å². The van der Waals surface area contributed by atoms with E-state index in [0.29, 0.717) is 5.69 Å². The summed E-state index contributed by atoms with van der Waals surface area (Å²) in [6, 6.07) is 10.7. The third-order valence-corrected chi connectivity index (χ3v) is 3.47. The zero-order valence-electron chi connectivity index (χ0n) is 10.6. The minimum atomic E-state index is -1.19. The molecule has 1 saturated carbocycles. The van der Waals surface area contributed by atoms with Crippen molar-refractivity contribution in [3.05, 3.63) is 30.3 Å². The van der Waals surface area contributed by atoms with Crippen LogP contribution in [-0.2, 0) is 9.59 Å². The third kappa shape index (κ3) is 3.19. The van der Waals surface area contributed by atoms with E-state index in [-0.39, 0.29) is 11.7 Å². The summed E-state index contributed by atoms with van der Waals surface area (Å²) in [5, 5.41) is 11.7. The zero-order chi connectivity index (χ0) is 13.7. The van der Waals surface area contributed by atoms with Gasteiger partial charge in [-0.25, -0.2) is 0 Å². The van der Waals surface area contributed by atoms with Gasteiger partial charge in [0.05, 0.1) is 6.07 Å². The van der Waals surface area contributed by atoms with Gasteiger partial charge in [0, 0.05) is 11.6 Å². The Bertz CT molecular complexity index is 499. The highest BCUT2D eigenvalue weighted by Crippen LogP contribution is 2.28. The molecule has 1 atom stereocenters. The van der Waals surface area contributed by atoms with Crippen LogP contribution in [-0.4, -0.2) is 11.7 Å². The maximum Gasteiger partial charge on any atom is 0.249 e. The summed E-state index contributed by atoms with van der Waals surface area (Å²) in [5.41, 5.74) is 0.604. The smallest absolute Gasteiger partial charge is 0.249 e. The van der Waals surface area contributed by atoms with E-state index in [4.69, 9.17) is 5.26 Å². The molecular weight excluding hydrogens is 240 g/mol. The maximum absolute atomic E-state index is 12.1. The van der Waals surface area contributed by atoms with Crippen LogP contribution in [0.15, 0.2) is 30.3 Å². The predicted octanol–water partition coefficient (Wildman–Crippen LogP) is 2.52. The minimum Gasteiger partial charge on any atom is -0.325 e. The standard InChI is InChI=1S/C15H16N2O2/c16-10-13(14(18)11-6-4-5-7-11)15(19)17-12-8-2-1-3-9-12/h1-3,8-9,11,13H,4-7H2,(H,17,19)/t13-/m0/s1. The number of carbonyl (C=O) groups is 2. The molecule has 1 amide bonds. The lowest BCUT2D eigenvalue weighted by atomic mass is 9.92. The van der Waals surface area contributed by atoms with Crippen LogP contribution in [0.5, 0.6) is 0 Å². The van der Waals surface area contributed by atoms with Gasteiger partial charge in [-0.1, -0.05) is 31.0 Å². The van der Waals surface area contributed by atoms with Crippen molar-refractivity contribution in [2.75, 3.05) is 5.32 Å². The molecule has 0 aromatic heterocycles.